The number of hydrogen-bond acceptors (Lipinski definition) is 6. The Hall–Kier alpha value is -3.11. The van der Waals surface area contributed by atoms with Gasteiger partial charge in [-0.2, -0.15) is 13.5 Å². The van der Waals surface area contributed by atoms with Gasteiger partial charge in [0.25, 0.3) is 10.0 Å². The summed E-state index contributed by atoms with van der Waals surface area (Å²) < 4.78 is 44.5. The number of halogens is 1. The van der Waals surface area contributed by atoms with E-state index in [1.54, 1.807) is 16.9 Å². The number of pyridine rings is 1. The molecule has 0 fully saturated rings. The summed E-state index contributed by atoms with van der Waals surface area (Å²) in [4.78, 5) is 19.2. The Balaban J connectivity index is 1.97. The molecule has 3 rings (SSSR count). The van der Waals surface area contributed by atoms with Crippen LogP contribution in [0.5, 0.6) is 0 Å². The number of nitrogens with zero attached hydrogens (tertiary/aromatic N) is 4. The highest BCUT2D eigenvalue weighted by molar-refractivity contribution is 7.90. The molecule has 194 valence electrons. The number of aromatic nitrogens is 3. The minimum absolute atomic E-state index is 0.0729. The van der Waals surface area contributed by atoms with Crippen molar-refractivity contribution >= 4 is 15.9 Å². The lowest BCUT2D eigenvalue weighted by Gasteiger charge is -2.20. The van der Waals surface area contributed by atoms with Crippen LogP contribution in [0.2, 0.25) is 0 Å². The smallest absolute Gasteiger partial charge is 0.283 e. The number of carbonyl (C=O) groups is 1. The lowest BCUT2D eigenvalue weighted by molar-refractivity contribution is -0.118. The van der Waals surface area contributed by atoms with E-state index in [0.717, 1.165) is 11.4 Å². The molecule has 36 heavy (non-hydrogen) atoms. The number of nitrogens with one attached hydrogen (secondary N) is 1. The Morgan fingerprint density at radius 2 is 1.86 bits per heavy atom. The molecule has 0 aliphatic rings. The molecule has 8 nitrogen and oxygen atoms in total. The fourth-order valence-electron chi connectivity index (χ4n) is 4.13. The molecule has 1 aromatic carbocycles. The predicted molar refractivity (Wildman–Crippen MR) is 137 cm³/mol. The molecule has 0 spiro atoms. The van der Waals surface area contributed by atoms with Gasteiger partial charge in [-0.25, -0.2) is 9.11 Å². The molecule has 0 bridgehead atoms. The van der Waals surface area contributed by atoms with Gasteiger partial charge in [-0.15, -0.1) is 0 Å². The van der Waals surface area contributed by atoms with E-state index in [1.165, 1.54) is 18.2 Å². The van der Waals surface area contributed by atoms with E-state index >= 15 is 0 Å². The Morgan fingerprint density at radius 1 is 1.17 bits per heavy atom. The van der Waals surface area contributed by atoms with E-state index in [-0.39, 0.29) is 23.4 Å². The van der Waals surface area contributed by atoms with Crippen molar-refractivity contribution in [2.45, 2.75) is 64.6 Å². The molecule has 1 N–H and O–H groups in total. The maximum atomic E-state index is 14.6. The summed E-state index contributed by atoms with van der Waals surface area (Å²) in [5, 5.41) is 4.01. The minimum atomic E-state index is -4.21. The van der Waals surface area contributed by atoms with E-state index in [1.807, 2.05) is 59.7 Å². The van der Waals surface area contributed by atoms with E-state index in [0.29, 0.717) is 28.8 Å². The number of aryl methyl sites for hydroxylation is 2. The molecular weight excluding hydrogens is 481 g/mol. The van der Waals surface area contributed by atoms with Gasteiger partial charge in [0.1, 0.15) is 5.82 Å². The number of benzene rings is 1. The number of rotatable bonds is 9. The fourth-order valence-corrected chi connectivity index (χ4v) is 5.09. The topological polar surface area (TPSA) is 97.2 Å². The largest absolute Gasteiger partial charge is 0.301 e. The quantitative estimate of drug-likeness (QED) is 0.459. The minimum Gasteiger partial charge on any atom is -0.301 e. The molecule has 0 aliphatic carbocycles. The van der Waals surface area contributed by atoms with E-state index in [9.17, 15) is 17.6 Å². The second kappa shape index (κ2) is 10.9. The molecule has 2 aromatic heterocycles. The number of amides is 1. The zero-order chi connectivity index (χ0) is 26.8. The van der Waals surface area contributed by atoms with Gasteiger partial charge in [-0.05, 0) is 87.3 Å². The van der Waals surface area contributed by atoms with Crippen molar-refractivity contribution in [1.29, 1.82) is 0 Å². The van der Waals surface area contributed by atoms with Gasteiger partial charge in [-0.1, -0.05) is 13.8 Å². The SMILES string of the molecule is CCn1nc(S(=O)(=O)NC(=O)Cc2c(-c3ccnc(C)c3)cc(F)cc2C(C)C)cc1C(C)N(C)C. The zero-order valence-electron chi connectivity index (χ0n) is 21.8. The number of sulfonamides is 1. The van der Waals surface area contributed by atoms with E-state index < -0.39 is 21.7 Å². The first kappa shape index (κ1) is 27.5. The van der Waals surface area contributed by atoms with Crippen molar-refractivity contribution in [1.82, 2.24) is 24.4 Å². The molecule has 1 unspecified atom stereocenters. The van der Waals surface area contributed by atoms with Gasteiger partial charge in [-0.3, -0.25) is 14.5 Å². The fraction of sp³-hybridized carbons (Fsp3) is 0.423. The van der Waals surface area contributed by atoms with Crippen molar-refractivity contribution in [2.75, 3.05) is 14.1 Å². The first-order valence-electron chi connectivity index (χ1n) is 11.9. The highest BCUT2D eigenvalue weighted by Crippen LogP contribution is 2.32. The van der Waals surface area contributed by atoms with Crippen LogP contribution in [0.25, 0.3) is 11.1 Å². The molecule has 1 amide bonds. The third-order valence-corrected chi connectivity index (χ3v) is 7.48. The van der Waals surface area contributed by atoms with Crippen molar-refractivity contribution in [2.24, 2.45) is 0 Å². The Bertz CT molecular complexity index is 1370. The average Bonchev–Trinajstić information content (AvgIpc) is 3.24. The maximum absolute atomic E-state index is 14.6. The summed E-state index contributed by atoms with van der Waals surface area (Å²) in [5.74, 6) is -1.23. The second-order valence-electron chi connectivity index (χ2n) is 9.43. The highest BCUT2D eigenvalue weighted by atomic mass is 32.2. The number of hydrogen-bond donors (Lipinski definition) is 1. The molecule has 0 radical (unpaired) electrons. The van der Waals surface area contributed by atoms with Crippen LogP contribution in [-0.2, 0) is 27.8 Å². The van der Waals surface area contributed by atoms with Crippen LogP contribution in [0.4, 0.5) is 4.39 Å². The molecule has 0 aliphatic heterocycles. The van der Waals surface area contributed by atoms with Gasteiger partial charge in [0, 0.05) is 30.5 Å². The van der Waals surface area contributed by atoms with Crippen LogP contribution < -0.4 is 4.72 Å². The van der Waals surface area contributed by atoms with Crippen LogP contribution >= 0.6 is 0 Å². The van der Waals surface area contributed by atoms with Crippen molar-refractivity contribution in [3.05, 3.63) is 64.9 Å². The average molecular weight is 516 g/mol. The van der Waals surface area contributed by atoms with Crippen LogP contribution in [0, 0.1) is 12.7 Å². The van der Waals surface area contributed by atoms with Gasteiger partial charge in [0.15, 0.2) is 5.03 Å². The first-order chi connectivity index (χ1) is 16.8. The van der Waals surface area contributed by atoms with Crippen LogP contribution in [-0.4, -0.2) is 48.1 Å². The monoisotopic (exact) mass is 515 g/mol. The first-order valence-corrected chi connectivity index (χ1v) is 13.4. The summed E-state index contributed by atoms with van der Waals surface area (Å²) in [6.07, 6.45) is 1.38. The predicted octanol–water partition coefficient (Wildman–Crippen LogP) is 4.21. The van der Waals surface area contributed by atoms with Gasteiger partial charge in [0.2, 0.25) is 5.91 Å². The van der Waals surface area contributed by atoms with Crippen LogP contribution in [0.15, 0.2) is 41.6 Å². The highest BCUT2D eigenvalue weighted by Gasteiger charge is 2.26. The molecule has 0 saturated heterocycles. The number of carbonyl (C=O) groups excluding carboxylic acids is 1. The summed E-state index contributed by atoms with van der Waals surface area (Å²) in [6, 6.07) is 7.74. The Kier molecular flexibility index (Phi) is 8.30. The molecule has 1 atom stereocenters. The van der Waals surface area contributed by atoms with Gasteiger partial charge >= 0.3 is 0 Å². The molecule has 2 heterocycles. The lowest BCUT2D eigenvalue weighted by Crippen LogP contribution is -2.32. The van der Waals surface area contributed by atoms with Gasteiger partial charge < -0.3 is 4.90 Å². The third kappa shape index (κ3) is 5.99. The third-order valence-electron chi connectivity index (χ3n) is 6.23. The van der Waals surface area contributed by atoms with Crippen molar-refractivity contribution in [3.63, 3.8) is 0 Å². The molecular formula is C26H34FN5O3S. The Morgan fingerprint density at radius 3 is 2.44 bits per heavy atom. The van der Waals surface area contributed by atoms with Crippen molar-refractivity contribution in [3.8, 4) is 11.1 Å². The zero-order valence-corrected chi connectivity index (χ0v) is 22.6. The molecule has 10 heteroatoms. The normalized spacial score (nSPS) is 12.8. The summed E-state index contributed by atoms with van der Waals surface area (Å²) >= 11 is 0. The second-order valence-corrected chi connectivity index (χ2v) is 11.1. The molecule has 0 saturated carbocycles. The standard InChI is InChI=1S/C26H34FN5O3S/c1-8-32-24(18(5)31(6)7)15-26(29-32)36(34,35)30-25(33)14-23-21(16(2)3)12-20(27)13-22(23)19-9-10-28-17(4)11-19/h9-13,15-16,18H,8,14H2,1-7H3,(H,30,33). The summed E-state index contributed by atoms with van der Waals surface area (Å²) in [6.45, 7) is 9.93. The maximum Gasteiger partial charge on any atom is 0.283 e. The Labute approximate surface area is 212 Å². The van der Waals surface area contributed by atoms with E-state index in [4.69, 9.17) is 0 Å². The van der Waals surface area contributed by atoms with Gasteiger partial charge in [0.05, 0.1) is 12.1 Å². The molecule has 3 aromatic rings. The van der Waals surface area contributed by atoms with Crippen LogP contribution in [0.3, 0.4) is 0 Å². The summed E-state index contributed by atoms with van der Waals surface area (Å²) in [7, 11) is -0.423. The van der Waals surface area contributed by atoms with Crippen molar-refractivity contribution < 1.29 is 17.6 Å². The van der Waals surface area contributed by atoms with Crippen LogP contribution in [0.1, 0.15) is 62.2 Å². The van der Waals surface area contributed by atoms with E-state index in [2.05, 4.69) is 14.8 Å². The summed E-state index contributed by atoms with van der Waals surface area (Å²) in [5.41, 5.74) is 3.93. The lowest BCUT2D eigenvalue weighted by atomic mass is 9.88.